The minimum absolute atomic E-state index is 0.110. The number of fused-ring (bicyclic) bond motifs is 1. The maximum Gasteiger partial charge on any atom is 0.125 e. The van der Waals surface area contributed by atoms with Crippen LogP contribution in [0.1, 0.15) is 52.0 Å². The van der Waals surface area contributed by atoms with Crippen LogP contribution in [0.4, 0.5) is 0 Å². The number of unbranched alkanes of at least 4 members (excludes halogenated alkanes) is 2. The Labute approximate surface area is 142 Å². The van der Waals surface area contributed by atoms with Crippen molar-refractivity contribution in [1.29, 1.82) is 0 Å². The van der Waals surface area contributed by atoms with Gasteiger partial charge in [0.25, 0.3) is 0 Å². The zero-order valence-corrected chi connectivity index (χ0v) is 14.6. The topological polar surface area (TPSA) is 61.8 Å². The maximum absolute atomic E-state index is 10.4. The zero-order valence-electron chi connectivity index (χ0n) is 14.6. The molecule has 0 amide bonds. The van der Waals surface area contributed by atoms with Gasteiger partial charge in [0.15, 0.2) is 0 Å². The second-order valence-corrected chi connectivity index (χ2v) is 7.09. The van der Waals surface area contributed by atoms with E-state index in [4.69, 9.17) is 0 Å². The molecule has 3 rings (SSSR count). The summed E-state index contributed by atoms with van der Waals surface area (Å²) in [6.07, 6.45) is 4.89. The first-order chi connectivity index (χ1) is 11.5. The molecule has 0 bridgehead atoms. The molecule has 2 aromatic carbocycles. The first-order valence-electron chi connectivity index (χ1n) is 8.66. The molecule has 0 saturated carbocycles. The Bertz CT molecular complexity index is 836. The lowest BCUT2D eigenvalue weighted by molar-refractivity contribution is 0.450. The number of phenolic OH excluding ortho intramolecular Hbond substituents is 1. The van der Waals surface area contributed by atoms with E-state index in [0.717, 1.165) is 23.1 Å². The Morgan fingerprint density at radius 1 is 1.12 bits per heavy atom. The third-order valence-corrected chi connectivity index (χ3v) is 4.81. The van der Waals surface area contributed by atoms with Crippen LogP contribution in [-0.4, -0.2) is 20.5 Å². The number of aromatic hydroxyl groups is 1. The van der Waals surface area contributed by atoms with Gasteiger partial charge in [0.1, 0.15) is 11.3 Å². The van der Waals surface area contributed by atoms with Crippen molar-refractivity contribution in [3.05, 3.63) is 42.0 Å². The number of hydrogen-bond donors (Lipinski definition) is 2. The molecule has 1 aromatic heterocycles. The Morgan fingerprint density at radius 2 is 1.96 bits per heavy atom. The van der Waals surface area contributed by atoms with Crippen LogP contribution in [0.3, 0.4) is 0 Å². The highest BCUT2D eigenvalue weighted by Gasteiger charge is 2.21. The molecule has 0 spiro atoms. The van der Waals surface area contributed by atoms with Crippen molar-refractivity contribution in [3.63, 3.8) is 0 Å². The molecule has 126 valence electrons. The standard InChI is InChI=1S/C20H25N3O/c1-4-5-6-12-20(2,3)15-9-7-8-14(13-15)18-17(24)11-10-16-19(18)22-23-21-16/h7-11,13,24H,4-6,12H2,1-3H3,(H,21,22,23). The number of phenols is 1. The monoisotopic (exact) mass is 323 g/mol. The predicted octanol–water partition coefficient (Wildman–Crippen LogP) is 5.19. The van der Waals surface area contributed by atoms with E-state index in [9.17, 15) is 5.11 Å². The van der Waals surface area contributed by atoms with Crippen molar-refractivity contribution >= 4 is 11.0 Å². The summed E-state index contributed by atoms with van der Waals surface area (Å²) in [5.74, 6) is 0.234. The smallest absolute Gasteiger partial charge is 0.125 e. The number of hydrogen-bond acceptors (Lipinski definition) is 3. The van der Waals surface area contributed by atoms with Crippen LogP contribution in [-0.2, 0) is 5.41 Å². The quantitative estimate of drug-likeness (QED) is 0.614. The molecule has 4 nitrogen and oxygen atoms in total. The molecular weight excluding hydrogens is 298 g/mol. The van der Waals surface area contributed by atoms with Gasteiger partial charge in [-0.15, -0.1) is 5.10 Å². The number of H-pyrrole nitrogens is 1. The van der Waals surface area contributed by atoms with E-state index in [-0.39, 0.29) is 11.2 Å². The summed E-state index contributed by atoms with van der Waals surface area (Å²) < 4.78 is 0. The van der Waals surface area contributed by atoms with Gasteiger partial charge in [-0.05, 0) is 35.1 Å². The SMILES string of the molecule is CCCCCC(C)(C)c1cccc(-c2c(O)ccc3[nH]nnc23)c1. The van der Waals surface area contributed by atoms with E-state index in [1.54, 1.807) is 12.1 Å². The minimum atomic E-state index is 0.110. The van der Waals surface area contributed by atoms with Crippen LogP contribution in [0.2, 0.25) is 0 Å². The Kier molecular flexibility index (Phi) is 4.56. The molecule has 0 aliphatic heterocycles. The number of benzene rings is 2. The lowest BCUT2D eigenvalue weighted by atomic mass is 9.79. The first kappa shape index (κ1) is 16.5. The van der Waals surface area contributed by atoms with Crippen molar-refractivity contribution in [2.24, 2.45) is 0 Å². The summed E-state index contributed by atoms with van der Waals surface area (Å²) in [5, 5.41) is 21.2. The summed E-state index contributed by atoms with van der Waals surface area (Å²) in [6, 6.07) is 11.9. The van der Waals surface area contributed by atoms with Crippen LogP contribution in [0.5, 0.6) is 5.75 Å². The summed E-state index contributed by atoms with van der Waals surface area (Å²) in [7, 11) is 0. The number of nitrogens with zero attached hydrogens (tertiary/aromatic N) is 2. The first-order valence-corrected chi connectivity index (χ1v) is 8.66. The number of aromatic nitrogens is 3. The van der Waals surface area contributed by atoms with E-state index >= 15 is 0 Å². The van der Waals surface area contributed by atoms with E-state index in [1.807, 2.05) is 6.07 Å². The van der Waals surface area contributed by atoms with Crippen molar-refractivity contribution < 1.29 is 5.11 Å². The summed E-state index contributed by atoms with van der Waals surface area (Å²) in [6.45, 7) is 6.81. The maximum atomic E-state index is 10.4. The van der Waals surface area contributed by atoms with Crippen molar-refractivity contribution in [1.82, 2.24) is 15.4 Å². The van der Waals surface area contributed by atoms with Gasteiger partial charge in [0.2, 0.25) is 0 Å². The average Bonchev–Trinajstić information content (AvgIpc) is 3.03. The highest BCUT2D eigenvalue weighted by atomic mass is 16.3. The van der Waals surface area contributed by atoms with Crippen LogP contribution in [0.25, 0.3) is 22.2 Å². The fourth-order valence-corrected chi connectivity index (χ4v) is 3.25. The Hall–Kier alpha value is -2.36. The van der Waals surface area contributed by atoms with E-state index in [0.29, 0.717) is 5.52 Å². The zero-order chi connectivity index (χ0) is 17.2. The second-order valence-electron chi connectivity index (χ2n) is 7.09. The largest absolute Gasteiger partial charge is 0.507 e. The van der Waals surface area contributed by atoms with Gasteiger partial charge < -0.3 is 5.11 Å². The Balaban J connectivity index is 2.01. The highest BCUT2D eigenvalue weighted by molar-refractivity contribution is 5.94. The van der Waals surface area contributed by atoms with Gasteiger partial charge in [-0.1, -0.05) is 69.5 Å². The molecule has 2 N–H and O–H groups in total. The molecule has 0 fully saturated rings. The van der Waals surface area contributed by atoms with Crippen molar-refractivity contribution in [2.75, 3.05) is 0 Å². The van der Waals surface area contributed by atoms with Gasteiger partial charge in [-0.2, -0.15) is 0 Å². The molecule has 24 heavy (non-hydrogen) atoms. The molecule has 0 atom stereocenters. The lowest BCUT2D eigenvalue weighted by Crippen LogP contribution is -2.17. The molecule has 4 heteroatoms. The van der Waals surface area contributed by atoms with Gasteiger partial charge >= 0.3 is 0 Å². The fraction of sp³-hybridized carbons (Fsp3) is 0.400. The molecule has 1 heterocycles. The van der Waals surface area contributed by atoms with E-state index in [1.165, 1.54) is 24.8 Å². The van der Waals surface area contributed by atoms with Gasteiger partial charge in [-0.3, -0.25) is 5.10 Å². The fourth-order valence-electron chi connectivity index (χ4n) is 3.25. The van der Waals surface area contributed by atoms with E-state index in [2.05, 4.69) is 54.4 Å². The molecule has 0 aliphatic carbocycles. The van der Waals surface area contributed by atoms with Gasteiger partial charge in [0, 0.05) is 0 Å². The van der Waals surface area contributed by atoms with Gasteiger partial charge in [0.05, 0.1) is 11.1 Å². The number of nitrogens with one attached hydrogen (secondary N) is 1. The predicted molar refractivity (Wildman–Crippen MR) is 98.2 cm³/mol. The van der Waals surface area contributed by atoms with Crippen LogP contribution >= 0.6 is 0 Å². The highest BCUT2D eigenvalue weighted by Crippen LogP contribution is 2.37. The lowest BCUT2D eigenvalue weighted by Gasteiger charge is -2.26. The van der Waals surface area contributed by atoms with Crippen molar-refractivity contribution in [2.45, 2.75) is 51.9 Å². The summed E-state index contributed by atoms with van der Waals surface area (Å²) in [5.41, 5.74) is 4.65. The van der Waals surface area contributed by atoms with Gasteiger partial charge in [-0.25, -0.2) is 0 Å². The molecule has 0 aliphatic rings. The molecular formula is C20H25N3O. The van der Waals surface area contributed by atoms with E-state index < -0.39 is 0 Å². The summed E-state index contributed by atoms with van der Waals surface area (Å²) >= 11 is 0. The third kappa shape index (κ3) is 3.14. The normalized spacial score (nSPS) is 12.0. The van der Waals surface area contributed by atoms with Crippen LogP contribution in [0, 0.1) is 0 Å². The Morgan fingerprint density at radius 3 is 2.75 bits per heavy atom. The molecule has 0 unspecified atom stereocenters. The molecule has 0 saturated heterocycles. The van der Waals surface area contributed by atoms with Crippen molar-refractivity contribution in [3.8, 4) is 16.9 Å². The molecule has 0 radical (unpaired) electrons. The minimum Gasteiger partial charge on any atom is -0.507 e. The van der Waals surface area contributed by atoms with Crippen LogP contribution < -0.4 is 0 Å². The number of aromatic amines is 1. The average molecular weight is 323 g/mol. The van der Waals surface area contributed by atoms with Crippen LogP contribution in [0.15, 0.2) is 36.4 Å². The number of rotatable bonds is 6. The summed E-state index contributed by atoms with van der Waals surface area (Å²) in [4.78, 5) is 0. The molecule has 3 aromatic rings. The third-order valence-electron chi connectivity index (χ3n) is 4.81. The second kappa shape index (κ2) is 6.63.